The van der Waals surface area contributed by atoms with Crippen LogP contribution in [0.25, 0.3) is 16.9 Å². The maximum absolute atomic E-state index is 13.1. The minimum absolute atomic E-state index is 0.0592. The lowest BCUT2D eigenvalue weighted by Crippen LogP contribution is -1.93. The van der Waals surface area contributed by atoms with Crippen LogP contribution in [0.15, 0.2) is 42.6 Å². The molecule has 0 atom stereocenters. The van der Waals surface area contributed by atoms with Crippen molar-refractivity contribution in [1.29, 1.82) is 0 Å². The Morgan fingerprint density at radius 2 is 2.06 bits per heavy atom. The standard InChI is InChI=1S/C13H9ClFN3/c14-9-7-8(4-5-10(9)15)12-13(16)18-6-2-1-3-11(18)17-12/h1-7H,16H2. The molecular weight excluding hydrogens is 253 g/mol. The third-order valence-electron chi connectivity index (χ3n) is 2.76. The smallest absolute Gasteiger partial charge is 0.141 e. The molecule has 2 N–H and O–H groups in total. The molecule has 90 valence electrons. The van der Waals surface area contributed by atoms with E-state index in [1.54, 1.807) is 10.5 Å². The Hall–Kier alpha value is -2.07. The lowest BCUT2D eigenvalue weighted by Gasteiger charge is -2.00. The highest BCUT2D eigenvalue weighted by Crippen LogP contribution is 2.29. The van der Waals surface area contributed by atoms with E-state index in [2.05, 4.69) is 4.98 Å². The van der Waals surface area contributed by atoms with E-state index in [0.29, 0.717) is 17.1 Å². The zero-order chi connectivity index (χ0) is 12.7. The molecule has 5 heteroatoms. The molecule has 18 heavy (non-hydrogen) atoms. The minimum Gasteiger partial charge on any atom is -0.383 e. The molecule has 0 bridgehead atoms. The van der Waals surface area contributed by atoms with Gasteiger partial charge in [0.25, 0.3) is 0 Å². The number of hydrogen-bond acceptors (Lipinski definition) is 2. The Labute approximate surface area is 108 Å². The molecule has 0 fully saturated rings. The van der Waals surface area contributed by atoms with Crippen molar-refractivity contribution in [3.8, 4) is 11.3 Å². The second kappa shape index (κ2) is 3.99. The first-order valence-electron chi connectivity index (χ1n) is 5.35. The van der Waals surface area contributed by atoms with Gasteiger partial charge in [0.05, 0.1) is 5.02 Å². The molecule has 3 aromatic rings. The van der Waals surface area contributed by atoms with Gasteiger partial charge in [0.2, 0.25) is 0 Å². The number of hydrogen-bond donors (Lipinski definition) is 1. The zero-order valence-corrected chi connectivity index (χ0v) is 10.0. The number of anilines is 1. The van der Waals surface area contributed by atoms with Crippen LogP contribution in [-0.2, 0) is 0 Å². The first-order chi connectivity index (χ1) is 8.66. The number of benzene rings is 1. The molecule has 0 amide bonds. The first kappa shape index (κ1) is 11.0. The number of rotatable bonds is 1. The van der Waals surface area contributed by atoms with Crippen LogP contribution in [0.5, 0.6) is 0 Å². The third kappa shape index (κ3) is 1.62. The van der Waals surface area contributed by atoms with Crippen molar-refractivity contribution < 1.29 is 4.39 Å². The maximum atomic E-state index is 13.1. The number of nitrogen functional groups attached to an aromatic ring is 1. The molecule has 0 aliphatic carbocycles. The fourth-order valence-corrected chi connectivity index (χ4v) is 2.05. The monoisotopic (exact) mass is 261 g/mol. The Morgan fingerprint density at radius 3 is 2.78 bits per heavy atom. The van der Waals surface area contributed by atoms with Gasteiger partial charge in [0, 0.05) is 11.8 Å². The largest absolute Gasteiger partial charge is 0.383 e. The van der Waals surface area contributed by atoms with Crippen molar-refractivity contribution in [1.82, 2.24) is 9.38 Å². The summed E-state index contributed by atoms with van der Waals surface area (Å²) >= 11 is 5.76. The van der Waals surface area contributed by atoms with E-state index < -0.39 is 5.82 Å². The van der Waals surface area contributed by atoms with Gasteiger partial charge in [-0.3, -0.25) is 4.40 Å². The summed E-state index contributed by atoms with van der Waals surface area (Å²) in [6.45, 7) is 0. The number of aromatic nitrogens is 2. The molecule has 2 heterocycles. The second-order valence-electron chi connectivity index (χ2n) is 3.90. The van der Waals surface area contributed by atoms with Crippen LogP contribution in [0, 0.1) is 5.82 Å². The lowest BCUT2D eigenvalue weighted by atomic mass is 10.1. The van der Waals surface area contributed by atoms with E-state index in [1.807, 2.05) is 24.4 Å². The quantitative estimate of drug-likeness (QED) is 0.730. The highest BCUT2D eigenvalue weighted by atomic mass is 35.5. The molecule has 0 aliphatic heterocycles. The Morgan fingerprint density at radius 1 is 1.22 bits per heavy atom. The molecular formula is C13H9ClFN3. The first-order valence-corrected chi connectivity index (χ1v) is 5.72. The molecule has 0 saturated heterocycles. The van der Waals surface area contributed by atoms with Gasteiger partial charge in [0.1, 0.15) is 23.0 Å². The predicted octanol–water partition coefficient (Wildman–Crippen LogP) is 3.38. The van der Waals surface area contributed by atoms with E-state index in [-0.39, 0.29) is 5.02 Å². The summed E-state index contributed by atoms with van der Waals surface area (Å²) in [7, 11) is 0. The minimum atomic E-state index is -0.456. The number of fused-ring (bicyclic) bond motifs is 1. The Balaban J connectivity index is 2.25. The van der Waals surface area contributed by atoms with E-state index in [1.165, 1.54) is 12.1 Å². The summed E-state index contributed by atoms with van der Waals surface area (Å²) in [6.07, 6.45) is 1.83. The average Bonchev–Trinajstić information content (AvgIpc) is 2.71. The van der Waals surface area contributed by atoms with E-state index in [4.69, 9.17) is 17.3 Å². The highest BCUT2D eigenvalue weighted by molar-refractivity contribution is 6.31. The van der Waals surface area contributed by atoms with Crippen LogP contribution in [0.1, 0.15) is 0 Å². The van der Waals surface area contributed by atoms with Gasteiger partial charge < -0.3 is 5.73 Å². The molecule has 1 aromatic carbocycles. The Kier molecular flexibility index (Phi) is 2.45. The SMILES string of the molecule is Nc1c(-c2ccc(F)c(Cl)c2)nc2ccccn12. The second-order valence-corrected chi connectivity index (χ2v) is 4.31. The maximum Gasteiger partial charge on any atom is 0.141 e. The topological polar surface area (TPSA) is 43.3 Å². The fourth-order valence-electron chi connectivity index (χ4n) is 1.87. The molecule has 3 rings (SSSR count). The Bertz CT molecular complexity index is 736. The normalized spacial score (nSPS) is 11.0. The van der Waals surface area contributed by atoms with E-state index in [9.17, 15) is 4.39 Å². The number of imidazole rings is 1. The number of nitrogens with two attached hydrogens (primary N) is 1. The summed E-state index contributed by atoms with van der Waals surface area (Å²) in [4.78, 5) is 4.41. The van der Waals surface area contributed by atoms with Crippen LogP contribution in [0.4, 0.5) is 10.2 Å². The summed E-state index contributed by atoms with van der Waals surface area (Å²) in [5.41, 5.74) is 8.06. The van der Waals surface area contributed by atoms with Gasteiger partial charge >= 0.3 is 0 Å². The summed E-state index contributed by atoms with van der Waals surface area (Å²) in [5.74, 6) is 0.0519. The van der Waals surface area contributed by atoms with Crippen LogP contribution < -0.4 is 5.73 Å². The molecule has 0 radical (unpaired) electrons. The number of pyridine rings is 1. The van der Waals surface area contributed by atoms with Gasteiger partial charge in [-0.05, 0) is 30.3 Å². The highest BCUT2D eigenvalue weighted by Gasteiger charge is 2.12. The molecule has 3 nitrogen and oxygen atoms in total. The van der Waals surface area contributed by atoms with Crippen LogP contribution in [0.3, 0.4) is 0 Å². The van der Waals surface area contributed by atoms with Gasteiger partial charge in [0.15, 0.2) is 0 Å². The van der Waals surface area contributed by atoms with Gasteiger partial charge in [-0.1, -0.05) is 17.7 Å². The molecule has 0 spiro atoms. The lowest BCUT2D eigenvalue weighted by molar-refractivity contribution is 0.628. The van der Waals surface area contributed by atoms with Crippen molar-refractivity contribution in [2.45, 2.75) is 0 Å². The van der Waals surface area contributed by atoms with E-state index in [0.717, 1.165) is 5.65 Å². The predicted molar refractivity (Wildman–Crippen MR) is 70.0 cm³/mol. The van der Waals surface area contributed by atoms with Gasteiger partial charge in [-0.15, -0.1) is 0 Å². The molecule has 0 saturated carbocycles. The van der Waals surface area contributed by atoms with Gasteiger partial charge in [-0.25, -0.2) is 9.37 Å². The van der Waals surface area contributed by atoms with Crippen LogP contribution in [-0.4, -0.2) is 9.38 Å². The fraction of sp³-hybridized carbons (Fsp3) is 0. The molecule has 0 aliphatic rings. The van der Waals surface area contributed by atoms with E-state index >= 15 is 0 Å². The number of halogens is 2. The van der Waals surface area contributed by atoms with Crippen molar-refractivity contribution in [3.63, 3.8) is 0 Å². The van der Waals surface area contributed by atoms with Crippen molar-refractivity contribution in [2.24, 2.45) is 0 Å². The zero-order valence-electron chi connectivity index (χ0n) is 9.27. The number of nitrogens with zero attached hydrogens (tertiary/aromatic N) is 2. The van der Waals surface area contributed by atoms with Crippen molar-refractivity contribution in [2.75, 3.05) is 5.73 Å². The summed E-state index contributed by atoms with van der Waals surface area (Å²) in [5, 5.41) is 0.0592. The summed E-state index contributed by atoms with van der Waals surface area (Å²) in [6, 6.07) is 10.0. The van der Waals surface area contributed by atoms with Crippen LogP contribution in [0.2, 0.25) is 5.02 Å². The summed E-state index contributed by atoms with van der Waals surface area (Å²) < 4.78 is 14.9. The van der Waals surface area contributed by atoms with Gasteiger partial charge in [-0.2, -0.15) is 0 Å². The third-order valence-corrected chi connectivity index (χ3v) is 3.05. The van der Waals surface area contributed by atoms with Crippen molar-refractivity contribution >= 4 is 23.1 Å². The molecule has 0 unspecified atom stereocenters. The average molecular weight is 262 g/mol. The van der Waals surface area contributed by atoms with Crippen LogP contribution >= 0.6 is 11.6 Å². The van der Waals surface area contributed by atoms with Crippen molar-refractivity contribution in [3.05, 3.63) is 53.4 Å². The molecule has 2 aromatic heterocycles.